The Balaban J connectivity index is 1.53. The van der Waals surface area contributed by atoms with Gasteiger partial charge < -0.3 is 14.4 Å². The molecule has 0 aliphatic carbocycles. The number of benzene rings is 1. The van der Waals surface area contributed by atoms with Crippen molar-refractivity contribution in [3.63, 3.8) is 0 Å². The minimum absolute atomic E-state index is 0.139. The van der Waals surface area contributed by atoms with E-state index in [1.54, 1.807) is 0 Å². The highest BCUT2D eigenvalue weighted by atomic mass is 19.4. The standard InChI is InChI=1S/C23H24F3N3O3/c1-3-15-11-17-14(2)10-20(30)32-22(17)18(21(15)31)13-28-6-8-29(9-7-28)19-5-4-16(12-27-19)23(24,25)26/h4-5,10-12,31H,3,6-9,13H2,1-2H3. The van der Waals surface area contributed by atoms with Crippen LogP contribution >= 0.6 is 0 Å². The maximum absolute atomic E-state index is 12.8. The molecule has 0 unspecified atom stereocenters. The first-order valence-electron chi connectivity index (χ1n) is 10.5. The molecule has 1 aliphatic heterocycles. The number of pyridine rings is 1. The van der Waals surface area contributed by atoms with Crippen molar-refractivity contribution in [2.24, 2.45) is 0 Å². The summed E-state index contributed by atoms with van der Waals surface area (Å²) in [5.74, 6) is 0.640. The molecule has 2 aromatic heterocycles. The fourth-order valence-corrected chi connectivity index (χ4v) is 4.08. The number of phenols is 1. The van der Waals surface area contributed by atoms with E-state index in [2.05, 4.69) is 9.88 Å². The molecule has 9 heteroatoms. The topological polar surface area (TPSA) is 69.8 Å². The molecule has 1 aliphatic rings. The predicted octanol–water partition coefficient (Wildman–Crippen LogP) is 4.11. The summed E-state index contributed by atoms with van der Waals surface area (Å²) in [6, 6.07) is 5.73. The Morgan fingerprint density at radius 1 is 1.16 bits per heavy atom. The summed E-state index contributed by atoms with van der Waals surface area (Å²) in [6.45, 7) is 6.59. The van der Waals surface area contributed by atoms with Crippen molar-refractivity contribution in [3.05, 3.63) is 63.1 Å². The number of alkyl halides is 3. The molecule has 32 heavy (non-hydrogen) atoms. The normalized spacial score (nSPS) is 15.5. The van der Waals surface area contributed by atoms with Gasteiger partial charge in [0.05, 0.1) is 11.1 Å². The number of hydrogen-bond acceptors (Lipinski definition) is 6. The molecular formula is C23H24F3N3O3. The first-order valence-corrected chi connectivity index (χ1v) is 10.5. The second kappa shape index (κ2) is 8.46. The quantitative estimate of drug-likeness (QED) is 0.608. The molecule has 0 spiro atoms. The zero-order valence-corrected chi connectivity index (χ0v) is 17.9. The predicted molar refractivity (Wildman–Crippen MR) is 115 cm³/mol. The van der Waals surface area contributed by atoms with Crippen LogP contribution in [0.3, 0.4) is 0 Å². The summed E-state index contributed by atoms with van der Waals surface area (Å²) in [6.07, 6.45) is -2.91. The van der Waals surface area contributed by atoms with Gasteiger partial charge in [-0.2, -0.15) is 13.2 Å². The molecule has 1 aromatic carbocycles. The van der Waals surface area contributed by atoms with Crippen LogP contribution in [0.2, 0.25) is 0 Å². The van der Waals surface area contributed by atoms with E-state index in [4.69, 9.17) is 4.42 Å². The molecule has 0 saturated carbocycles. The first kappa shape index (κ1) is 22.1. The van der Waals surface area contributed by atoms with Crippen LogP contribution in [0.1, 0.15) is 29.2 Å². The average Bonchev–Trinajstić information content (AvgIpc) is 2.76. The number of anilines is 1. The van der Waals surface area contributed by atoms with Crippen LogP contribution in [0.5, 0.6) is 5.75 Å². The SMILES string of the molecule is CCc1cc2c(C)cc(=O)oc2c(CN2CCN(c3ccc(C(F)(F)F)cn3)CC2)c1O. The number of aryl methyl sites for hydroxylation is 2. The van der Waals surface area contributed by atoms with Crippen LogP contribution in [0, 0.1) is 6.92 Å². The van der Waals surface area contributed by atoms with Gasteiger partial charge in [-0.3, -0.25) is 4.90 Å². The van der Waals surface area contributed by atoms with Crippen LogP contribution in [-0.2, 0) is 19.1 Å². The first-order chi connectivity index (χ1) is 15.2. The van der Waals surface area contributed by atoms with Gasteiger partial charge in [0, 0.05) is 50.4 Å². The largest absolute Gasteiger partial charge is 0.507 e. The Hall–Kier alpha value is -3.07. The number of phenolic OH excluding ortho intramolecular Hbond substituents is 1. The number of aromatic hydroxyl groups is 1. The lowest BCUT2D eigenvalue weighted by molar-refractivity contribution is -0.137. The van der Waals surface area contributed by atoms with Crippen molar-refractivity contribution in [2.75, 3.05) is 31.1 Å². The van der Waals surface area contributed by atoms with Gasteiger partial charge in [0.25, 0.3) is 0 Å². The fourth-order valence-electron chi connectivity index (χ4n) is 4.08. The van der Waals surface area contributed by atoms with Gasteiger partial charge in [0.15, 0.2) is 0 Å². The van der Waals surface area contributed by atoms with Gasteiger partial charge in [-0.05, 0) is 42.7 Å². The van der Waals surface area contributed by atoms with Crippen LogP contribution < -0.4 is 10.5 Å². The summed E-state index contributed by atoms with van der Waals surface area (Å²) in [4.78, 5) is 20.0. The second-order valence-electron chi connectivity index (χ2n) is 8.01. The van der Waals surface area contributed by atoms with E-state index in [9.17, 15) is 23.1 Å². The molecular weight excluding hydrogens is 423 g/mol. The molecule has 0 amide bonds. The number of halogens is 3. The van der Waals surface area contributed by atoms with Gasteiger partial charge in [-0.25, -0.2) is 9.78 Å². The van der Waals surface area contributed by atoms with Crippen molar-refractivity contribution in [1.29, 1.82) is 0 Å². The molecule has 0 atom stereocenters. The molecule has 1 N–H and O–H groups in total. The Bertz CT molecular complexity index is 1180. The minimum Gasteiger partial charge on any atom is -0.507 e. The second-order valence-corrected chi connectivity index (χ2v) is 8.01. The molecule has 3 aromatic rings. The van der Waals surface area contributed by atoms with Crippen molar-refractivity contribution < 1.29 is 22.7 Å². The molecule has 3 heterocycles. The lowest BCUT2D eigenvalue weighted by atomic mass is 9.99. The van der Waals surface area contributed by atoms with Crippen molar-refractivity contribution in [2.45, 2.75) is 33.0 Å². The van der Waals surface area contributed by atoms with E-state index in [1.165, 1.54) is 12.1 Å². The Kier molecular flexibility index (Phi) is 5.85. The number of aromatic nitrogens is 1. The number of rotatable bonds is 4. The summed E-state index contributed by atoms with van der Waals surface area (Å²) >= 11 is 0. The van der Waals surface area contributed by atoms with Crippen LogP contribution in [0.15, 0.2) is 39.7 Å². The van der Waals surface area contributed by atoms with Crippen molar-refractivity contribution in [3.8, 4) is 5.75 Å². The third kappa shape index (κ3) is 4.29. The Labute approximate surface area is 182 Å². The number of hydrogen-bond donors (Lipinski definition) is 1. The highest BCUT2D eigenvalue weighted by molar-refractivity contribution is 5.86. The van der Waals surface area contributed by atoms with Gasteiger partial charge in [-0.1, -0.05) is 6.92 Å². The Morgan fingerprint density at radius 2 is 1.88 bits per heavy atom. The van der Waals surface area contributed by atoms with E-state index in [0.717, 1.165) is 28.8 Å². The van der Waals surface area contributed by atoms with Gasteiger partial charge >= 0.3 is 11.8 Å². The van der Waals surface area contributed by atoms with E-state index in [-0.39, 0.29) is 5.75 Å². The van der Waals surface area contributed by atoms with Gasteiger partial charge in [0.1, 0.15) is 17.2 Å². The minimum atomic E-state index is -4.41. The smallest absolute Gasteiger partial charge is 0.417 e. The van der Waals surface area contributed by atoms with E-state index in [0.29, 0.717) is 56.1 Å². The van der Waals surface area contributed by atoms with E-state index in [1.807, 2.05) is 24.8 Å². The Morgan fingerprint density at radius 3 is 2.47 bits per heavy atom. The summed E-state index contributed by atoms with van der Waals surface area (Å²) in [5, 5.41) is 11.6. The molecule has 0 bridgehead atoms. The van der Waals surface area contributed by atoms with Gasteiger partial charge in [0.2, 0.25) is 0 Å². The molecule has 4 rings (SSSR count). The third-order valence-corrected chi connectivity index (χ3v) is 5.92. The van der Waals surface area contributed by atoms with E-state index < -0.39 is 17.4 Å². The highest BCUT2D eigenvalue weighted by Crippen LogP contribution is 2.34. The molecule has 0 radical (unpaired) electrons. The lowest BCUT2D eigenvalue weighted by Crippen LogP contribution is -2.46. The van der Waals surface area contributed by atoms with Crippen LogP contribution in [0.25, 0.3) is 11.0 Å². The number of nitrogens with zero attached hydrogens (tertiary/aromatic N) is 3. The monoisotopic (exact) mass is 447 g/mol. The zero-order valence-electron chi connectivity index (χ0n) is 17.9. The molecule has 6 nitrogen and oxygen atoms in total. The highest BCUT2D eigenvalue weighted by Gasteiger charge is 2.31. The van der Waals surface area contributed by atoms with Crippen LogP contribution in [-0.4, -0.2) is 41.2 Å². The number of fused-ring (bicyclic) bond motifs is 1. The van der Waals surface area contributed by atoms with Crippen molar-refractivity contribution in [1.82, 2.24) is 9.88 Å². The van der Waals surface area contributed by atoms with Crippen molar-refractivity contribution >= 4 is 16.8 Å². The summed E-state index contributed by atoms with van der Waals surface area (Å²) < 4.78 is 43.7. The maximum Gasteiger partial charge on any atom is 0.417 e. The fraction of sp³-hybridized carbons (Fsp3) is 0.391. The van der Waals surface area contributed by atoms with Gasteiger partial charge in [-0.15, -0.1) is 0 Å². The lowest BCUT2D eigenvalue weighted by Gasteiger charge is -2.35. The summed E-state index contributed by atoms with van der Waals surface area (Å²) in [5.41, 5.74) is 1.34. The summed E-state index contributed by atoms with van der Waals surface area (Å²) in [7, 11) is 0. The van der Waals surface area contributed by atoms with Crippen LogP contribution in [0.4, 0.5) is 19.0 Å². The molecule has 170 valence electrons. The molecule has 1 saturated heterocycles. The zero-order chi connectivity index (χ0) is 23.0. The third-order valence-electron chi connectivity index (χ3n) is 5.92. The molecule has 1 fully saturated rings. The number of piperazine rings is 1. The van der Waals surface area contributed by atoms with E-state index >= 15 is 0 Å². The average molecular weight is 447 g/mol. The maximum atomic E-state index is 12.8.